The molecule has 0 saturated carbocycles. The molecule has 6 heteroatoms. The zero-order valence-corrected chi connectivity index (χ0v) is 21.3. The highest BCUT2D eigenvalue weighted by Crippen LogP contribution is 2.18. The van der Waals surface area contributed by atoms with Gasteiger partial charge in [-0.2, -0.15) is 0 Å². The van der Waals surface area contributed by atoms with Gasteiger partial charge in [-0.3, -0.25) is 0 Å². The highest BCUT2D eigenvalue weighted by molar-refractivity contribution is 5.52. The Morgan fingerprint density at radius 1 is 0.629 bits per heavy atom. The lowest BCUT2D eigenvalue weighted by Gasteiger charge is -2.09. The van der Waals surface area contributed by atoms with Crippen LogP contribution in [-0.2, 0) is 41.3 Å². The standard InChI is InChI=1S/C29H44O6/c1(2-6-12-30-18-27-21-33-27)3-9-24-15-25(10-4-7-13-31-19-28-22-34-28)17-26(16-24)11-5-8-14-32-20-29-23-35-29/h3,9,15-17,27-29H,1-2,4-8,10-14,18-23H2. The maximum Gasteiger partial charge on any atom is 0.104 e. The summed E-state index contributed by atoms with van der Waals surface area (Å²) in [6, 6.07) is 7.11. The summed E-state index contributed by atoms with van der Waals surface area (Å²) >= 11 is 0. The van der Waals surface area contributed by atoms with Gasteiger partial charge in [-0.05, 0) is 74.5 Å². The van der Waals surface area contributed by atoms with Crippen LogP contribution in [-0.4, -0.2) is 77.8 Å². The molecule has 0 amide bonds. The number of hydrogen-bond acceptors (Lipinski definition) is 6. The lowest BCUT2D eigenvalue weighted by Crippen LogP contribution is -2.03. The molecule has 1 aromatic carbocycles. The van der Waals surface area contributed by atoms with E-state index in [0.29, 0.717) is 18.3 Å². The summed E-state index contributed by atoms with van der Waals surface area (Å²) in [7, 11) is 0. The van der Waals surface area contributed by atoms with Gasteiger partial charge in [0.05, 0.1) is 39.6 Å². The summed E-state index contributed by atoms with van der Waals surface area (Å²) in [6.07, 6.45) is 15.8. The van der Waals surface area contributed by atoms with E-state index < -0.39 is 0 Å². The highest BCUT2D eigenvalue weighted by Gasteiger charge is 2.23. The number of allylic oxidation sites excluding steroid dienone is 1. The number of rotatable bonds is 22. The van der Waals surface area contributed by atoms with E-state index in [2.05, 4.69) is 30.4 Å². The van der Waals surface area contributed by atoms with Gasteiger partial charge >= 0.3 is 0 Å². The topological polar surface area (TPSA) is 65.3 Å². The van der Waals surface area contributed by atoms with Gasteiger partial charge in [0.15, 0.2) is 0 Å². The summed E-state index contributed by atoms with van der Waals surface area (Å²) in [6.45, 7) is 7.37. The quantitative estimate of drug-likeness (QED) is 0.173. The Morgan fingerprint density at radius 3 is 1.54 bits per heavy atom. The van der Waals surface area contributed by atoms with E-state index >= 15 is 0 Å². The average Bonchev–Trinajstić information content (AvgIpc) is 3.70. The first kappa shape index (κ1) is 26.8. The predicted molar refractivity (Wildman–Crippen MR) is 137 cm³/mol. The number of benzene rings is 1. The fourth-order valence-corrected chi connectivity index (χ4v) is 4.07. The molecule has 0 aliphatic carbocycles. The first-order valence-corrected chi connectivity index (χ1v) is 13.7. The van der Waals surface area contributed by atoms with Crippen LogP contribution in [0.25, 0.3) is 6.08 Å². The van der Waals surface area contributed by atoms with Crippen molar-refractivity contribution in [3.8, 4) is 0 Å². The van der Waals surface area contributed by atoms with Crippen LogP contribution in [0.3, 0.4) is 0 Å². The molecule has 3 saturated heterocycles. The van der Waals surface area contributed by atoms with Crippen molar-refractivity contribution in [3.63, 3.8) is 0 Å². The Hall–Kier alpha value is -1.28. The van der Waals surface area contributed by atoms with Crippen LogP contribution in [0.1, 0.15) is 61.6 Å². The Labute approximate surface area is 211 Å². The monoisotopic (exact) mass is 488 g/mol. The minimum Gasteiger partial charge on any atom is -0.379 e. The Kier molecular flexibility index (Phi) is 12.0. The predicted octanol–water partition coefficient (Wildman–Crippen LogP) is 4.76. The van der Waals surface area contributed by atoms with Crippen molar-refractivity contribution in [2.24, 2.45) is 0 Å². The Balaban J connectivity index is 1.15. The van der Waals surface area contributed by atoms with E-state index in [9.17, 15) is 0 Å². The summed E-state index contributed by atoms with van der Waals surface area (Å²) in [5.41, 5.74) is 4.19. The first-order valence-electron chi connectivity index (χ1n) is 13.7. The van der Waals surface area contributed by atoms with Gasteiger partial charge in [-0.25, -0.2) is 0 Å². The molecule has 0 bridgehead atoms. The van der Waals surface area contributed by atoms with Gasteiger partial charge in [-0.15, -0.1) is 0 Å². The van der Waals surface area contributed by atoms with Crippen LogP contribution in [0, 0.1) is 0 Å². The van der Waals surface area contributed by atoms with E-state index in [4.69, 9.17) is 28.4 Å². The molecule has 4 rings (SSSR count). The summed E-state index contributed by atoms with van der Waals surface area (Å²) in [5, 5.41) is 0. The second kappa shape index (κ2) is 15.7. The summed E-state index contributed by atoms with van der Waals surface area (Å²) in [4.78, 5) is 0. The van der Waals surface area contributed by atoms with E-state index in [1.54, 1.807) is 0 Å². The minimum absolute atomic E-state index is 0.360. The molecular weight excluding hydrogens is 444 g/mol. The van der Waals surface area contributed by atoms with Crippen LogP contribution in [0.15, 0.2) is 24.3 Å². The Morgan fingerprint density at radius 2 is 1.09 bits per heavy atom. The normalized spacial score (nSPS) is 22.7. The third-order valence-corrected chi connectivity index (χ3v) is 6.42. The molecule has 0 N–H and O–H groups in total. The van der Waals surface area contributed by atoms with Crippen LogP contribution in [0.4, 0.5) is 0 Å². The molecule has 3 fully saturated rings. The van der Waals surface area contributed by atoms with Crippen molar-refractivity contribution in [1.29, 1.82) is 0 Å². The van der Waals surface area contributed by atoms with Crippen molar-refractivity contribution in [2.75, 3.05) is 59.5 Å². The molecule has 3 atom stereocenters. The van der Waals surface area contributed by atoms with Crippen LogP contribution < -0.4 is 0 Å². The van der Waals surface area contributed by atoms with Gasteiger partial charge in [-0.1, -0.05) is 30.4 Å². The molecule has 0 radical (unpaired) electrons. The number of epoxide rings is 3. The van der Waals surface area contributed by atoms with Crippen molar-refractivity contribution in [1.82, 2.24) is 0 Å². The number of ether oxygens (including phenoxy) is 6. The molecule has 3 aliphatic heterocycles. The van der Waals surface area contributed by atoms with Crippen molar-refractivity contribution >= 4 is 6.08 Å². The molecule has 35 heavy (non-hydrogen) atoms. The van der Waals surface area contributed by atoms with E-state index in [1.807, 2.05) is 0 Å². The number of unbranched alkanes of at least 4 members (excludes halogenated alkanes) is 4. The van der Waals surface area contributed by atoms with Crippen LogP contribution in [0.2, 0.25) is 0 Å². The second-order valence-corrected chi connectivity index (χ2v) is 9.99. The van der Waals surface area contributed by atoms with Gasteiger partial charge in [0.1, 0.15) is 18.3 Å². The fourth-order valence-electron chi connectivity index (χ4n) is 4.07. The van der Waals surface area contributed by atoms with Crippen molar-refractivity contribution in [3.05, 3.63) is 41.0 Å². The summed E-state index contributed by atoms with van der Waals surface area (Å²) < 4.78 is 32.6. The third-order valence-electron chi connectivity index (χ3n) is 6.42. The van der Waals surface area contributed by atoms with Gasteiger partial charge in [0.2, 0.25) is 0 Å². The van der Waals surface area contributed by atoms with Crippen LogP contribution >= 0.6 is 0 Å². The first-order chi connectivity index (χ1) is 17.3. The smallest absolute Gasteiger partial charge is 0.104 e. The minimum atomic E-state index is 0.360. The molecule has 3 aliphatic rings. The third kappa shape index (κ3) is 13.0. The number of hydrogen-bond donors (Lipinski definition) is 0. The molecule has 3 heterocycles. The zero-order valence-electron chi connectivity index (χ0n) is 21.3. The SMILES string of the molecule is C(=Cc1cc(CCCCOCC2CO2)cc(CCCCOCC2CO2)c1)CCCCOCC1CO1. The van der Waals surface area contributed by atoms with E-state index in [-0.39, 0.29) is 0 Å². The molecule has 3 unspecified atom stereocenters. The average molecular weight is 489 g/mol. The molecule has 196 valence electrons. The fraction of sp³-hybridized carbons (Fsp3) is 0.724. The second-order valence-electron chi connectivity index (χ2n) is 9.99. The molecule has 1 aromatic rings. The maximum atomic E-state index is 5.69. The highest BCUT2D eigenvalue weighted by atomic mass is 16.6. The molecule has 6 nitrogen and oxygen atoms in total. The lowest BCUT2D eigenvalue weighted by atomic mass is 9.98. The molecular formula is C29H44O6. The Bertz CT molecular complexity index is 696. The molecule has 0 aromatic heterocycles. The number of aryl methyl sites for hydroxylation is 2. The van der Waals surface area contributed by atoms with Crippen molar-refractivity contribution < 1.29 is 28.4 Å². The largest absolute Gasteiger partial charge is 0.379 e. The van der Waals surface area contributed by atoms with Crippen LogP contribution in [0.5, 0.6) is 0 Å². The van der Waals surface area contributed by atoms with E-state index in [0.717, 1.165) is 117 Å². The maximum absolute atomic E-state index is 5.69. The zero-order chi connectivity index (χ0) is 24.0. The van der Waals surface area contributed by atoms with Crippen molar-refractivity contribution in [2.45, 2.75) is 76.1 Å². The molecule has 0 spiro atoms. The summed E-state index contributed by atoms with van der Waals surface area (Å²) in [5.74, 6) is 0. The van der Waals surface area contributed by atoms with Gasteiger partial charge in [0, 0.05) is 19.8 Å². The van der Waals surface area contributed by atoms with Gasteiger partial charge in [0.25, 0.3) is 0 Å². The lowest BCUT2D eigenvalue weighted by molar-refractivity contribution is 0.113. The van der Waals surface area contributed by atoms with Gasteiger partial charge < -0.3 is 28.4 Å². The van der Waals surface area contributed by atoms with E-state index in [1.165, 1.54) is 16.7 Å².